The first kappa shape index (κ1) is 15.3. The monoisotopic (exact) mass is 285 g/mol. The van der Waals surface area contributed by atoms with Crippen molar-refractivity contribution in [3.8, 4) is 6.07 Å². The van der Waals surface area contributed by atoms with Crippen LogP contribution in [0.3, 0.4) is 0 Å². The molecule has 0 unspecified atom stereocenters. The summed E-state index contributed by atoms with van der Waals surface area (Å²) in [6.45, 7) is 7.56. The number of unbranched alkanes of at least 4 members (excludes halogenated alkanes) is 2. The van der Waals surface area contributed by atoms with E-state index < -0.39 is 0 Å². The van der Waals surface area contributed by atoms with Gasteiger partial charge in [0.25, 0.3) is 0 Å². The Morgan fingerprint density at radius 3 is 2.72 bits per heavy atom. The summed E-state index contributed by atoms with van der Waals surface area (Å²) in [7, 11) is 0. The Morgan fingerprint density at radius 1 is 1.44 bits per heavy atom. The van der Waals surface area contributed by atoms with Crippen LogP contribution in [-0.4, -0.2) is 11.5 Å². The number of nitrogens with zero attached hydrogens (tertiary/aromatic N) is 2. The number of hydrogen-bond donors (Lipinski definition) is 1. The van der Waals surface area contributed by atoms with E-state index >= 15 is 0 Å². The second kappa shape index (κ2) is 6.96. The van der Waals surface area contributed by atoms with Crippen LogP contribution in [0.1, 0.15) is 51.3 Å². The van der Waals surface area contributed by atoms with Crippen molar-refractivity contribution in [2.24, 2.45) is 5.41 Å². The fourth-order valence-corrected chi connectivity index (χ4v) is 2.65. The molecular weight excluding hydrogens is 266 g/mol. The molecule has 5 heteroatoms. The van der Waals surface area contributed by atoms with E-state index in [2.05, 4.69) is 31.1 Å². The molecule has 0 bridgehead atoms. The zero-order valence-electron chi connectivity index (χ0n) is 11.2. The molecular formula is C13H20ClN3S. The Bertz CT molecular complexity index is 420. The van der Waals surface area contributed by atoms with Crippen LogP contribution in [0.15, 0.2) is 0 Å². The number of nitriles is 1. The first-order valence-corrected chi connectivity index (χ1v) is 7.48. The number of halogens is 1. The Morgan fingerprint density at radius 2 is 2.17 bits per heavy atom. The molecule has 0 spiro atoms. The van der Waals surface area contributed by atoms with Crippen molar-refractivity contribution >= 4 is 28.1 Å². The third-order valence-corrected chi connectivity index (χ3v) is 4.17. The maximum atomic E-state index is 8.81. The van der Waals surface area contributed by atoms with Crippen molar-refractivity contribution in [1.29, 1.82) is 5.26 Å². The molecule has 0 atom stereocenters. The van der Waals surface area contributed by atoms with Gasteiger partial charge in [0.15, 0.2) is 10.3 Å². The molecule has 0 aliphatic rings. The summed E-state index contributed by atoms with van der Waals surface area (Å²) in [5.74, 6) is 0. The molecule has 0 saturated heterocycles. The lowest BCUT2D eigenvalue weighted by atomic mass is 9.87. The minimum absolute atomic E-state index is 0.236. The molecule has 0 aliphatic heterocycles. The van der Waals surface area contributed by atoms with E-state index in [9.17, 15) is 0 Å². The Kier molecular flexibility index (Phi) is 5.90. The van der Waals surface area contributed by atoms with Gasteiger partial charge in [-0.25, -0.2) is 4.98 Å². The molecule has 1 N–H and O–H groups in total. The third-order valence-electron chi connectivity index (χ3n) is 2.86. The normalized spacial score (nSPS) is 11.3. The van der Waals surface area contributed by atoms with Crippen LogP contribution >= 0.6 is 22.9 Å². The van der Waals surface area contributed by atoms with Crippen molar-refractivity contribution in [1.82, 2.24) is 4.98 Å². The molecule has 18 heavy (non-hydrogen) atoms. The number of thiazole rings is 1. The molecule has 0 fully saturated rings. The smallest absolute Gasteiger partial charge is 0.185 e. The number of hydrogen-bond acceptors (Lipinski definition) is 4. The highest BCUT2D eigenvalue weighted by Gasteiger charge is 2.18. The second-order valence-corrected chi connectivity index (χ2v) is 6.58. The van der Waals surface area contributed by atoms with Crippen LogP contribution < -0.4 is 5.32 Å². The summed E-state index contributed by atoms with van der Waals surface area (Å²) in [5, 5.41) is 13.1. The van der Waals surface area contributed by atoms with Crippen LogP contribution in [0.25, 0.3) is 0 Å². The quantitative estimate of drug-likeness (QED) is 0.740. The van der Waals surface area contributed by atoms with Crippen molar-refractivity contribution in [2.45, 2.75) is 46.5 Å². The molecule has 1 aromatic heterocycles. The lowest BCUT2D eigenvalue weighted by Gasteiger charge is -2.24. The summed E-state index contributed by atoms with van der Waals surface area (Å²) in [6.07, 6.45) is 4.98. The standard InChI is InChI=1S/C13H20ClN3S/c1-4-5-6-7-13(2,3)9-16-12-17-11(14)10(8-15)18-12/h4-7,9H2,1-3H3,(H,16,17). The second-order valence-electron chi connectivity index (χ2n) is 5.23. The van der Waals surface area contributed by atoms with E-state index in [1.54, 1.807) is 0 Å². The van der Waals surface area contributed by atoms with Gasteiger partial charge < -0.3 is 5.32 Å². The van der Waals surface area contributed by atoms with Gasteiger partial charge in [0.2, 0.25) is 0 Å². The summed E-state index contributed by atoms with van der Waals surface area (Å²) in [4.78, 5) is 4.61. The third kappa shape index (κ3) is 4.83. The molecule has 0 saturated carbocycles. The van der Waals surface area contributed by atoms with E-state index in [4.69, 9.17) is 16.9 Å². The largest absolute Gasteiger partial charge is 0.361 e. The highest BCUT2D eigenvalue weighted by Crippen LogP contribution is 2.28. The highest BCUT2D eigenvalue weighted by atomic mass is 35.5. The predicted molar refractivity (Wildman–Crippen MR) is 78.3 cm³/mol. The minimum Gasteiger partial charge on any atom is -0.361 e. The summed E-state index contributed by atoms with van der Waals surface area (Å²) >= 11 is 7.15. The SMILES string of the molecule is CCCCCC(C)(C)CNc1nc(Cl)c(C#N)s1. The summed E-state index contributed by atoms with van der Waals surface area (Å²) in [6, 6.07) is 2.04. The first-order chi connectivity index (χ1) is 8.48. The van der Waals surface area contributed by atoms with Gasteiger partial charge in [-0.1, -0.05) is 63.0 Å². The zero-order valence-corrected chi connectivity index (χ0v) is 12.8. The molecule has 1 rings (SSSR count). The highest BCUT2D eigenvalue weighted by molar-refractivity contribution is 7.16. The van der Waals surface area contributed by atoms with Crippen molar-refractivity contribution < 1.29 is 0 Å². The van der Waals surface area contributed by atoms with Gasteiger partial charge in [-0.2, -0.15) is 5.26 Å². The molecule has 100 valence electrons. The average Bonchev–Trinajstić information content (AvgIpc) is 2.68. The van der Waals surface area contributed by atoms with E-state index in [1.165, 1.54) is 37.0 Å². The fourth-order valence-electron chi connectivity index (χ4n) is 1.70. The number of rotatable bonds is 7. The molecule has 0 amide bonds. The maximum absolute atomic E-state index is 8.81. The minimum atomic E-state index is 0.236. The van der Waals surface area contributed by atoms with E-state index in [1.807, 2.05) is 6.07 Å². The topological polar surface area (TPSA) is 48.7 Å². The number of anilines is 1. The summed E-state index contributed by atoms with van der Waals surface area (Å²) in [5.41, 5.74) is 0.236. The van der Waals surface area contributed by atoms with Gasteiger partial charge in [0.05, 0.1) is 0 Å². The van der Waals surface area contributed by atoms with Gasteiger partial charge in [-0.15, -0.1) is 0 Å². The van der Waals surface area contributed by atoms with E-state index in [0.29, 0.717) is 10.0 Å². The van der Waals surface area contributed by atoms with Gasteiger partial charge in [0, 0.05) is 6.54 Å². The predicted octanol–water partition coefficient (Wildman–Crippen LogP) is 4.69. The first-order valence-electron chi connectivity index (χ1n) is 6.29. The van der Waals surface area contributed by atoms with Crippen LogP contribution in [0.5, 0.6) is 0 Å². The molecule has 0 aliphatic carbocycles. The van der Waals surface area contributed by atoms with Crippen LogP contribution in [0, 0.1) is 16.7 Å². The van der Waals surface area contributed by atoms with Crippen molar-refractivity contribution in [3.63, 3.8) is 0 Å². The molecule has 1 heterocycles. The Hall–Kier alpha value is -0.790. The molecule has 1 aromatic rings. The average molecular weight is 286 g/mol. The van der Waals surface area contributed by atoms with Crippen molar-refractivity contribution in [3.05, 3.63) is 10.0 Å². The molecule has 0 aromatic carbocycles. The van der Waals surface area contributed by atoms with E-state index in [0.717, 1.165) is 11.7 Å². The number of nitrogens with one attached hydrogen (secondary N) is 1. The summed E-state index contributed by atoms with van der Waals surface area (Å²) < 4.78 is 0. The van der Waals surface area contributed by atoms with Crippen molar-refractivity contribution in [2.75, 3.05) is 11.9 Å². The molecule has 3 nitrogen and oxygen atoms in total. The van der Waals surface area contributed by atoms with Gasteiger partial charge in [0.1, 0.15) is 10.9 Å². The van der Waals surface area contributed by atoms with Gasteiger partial charge in [-0.3, -0.25) is 0 Å². The van der Waals surface area contributed by atoms with Crippen LogP contribution in [-0.2, 0) is 0 Å². The maximum Gasteiger partial charge on any atom is 0.185 e. The lowest BCUT2D eigenvalue weighted by molar-refractivity contribution is 0.342. The van der Waals surface area contributed by atoms with Crippen LogP contribution in [0.4, 0.5) is 5.13 Å². The van der Waals surface area contributed by atoms with E-state index in [-0.39, 0.29) is 5.41 Å². The number of aromatic nitrogens is 1. The van der Waals surface area contributed by atoms with Gasteiger partial charge >= 0.3 is 0 Å². The van der Waals surface area contributed by atoms with Gasteiger partial charge in [-0.05, 0) is 11.8 Å². The molecule has 0 radical (unpaired) electrons. The zero-order chi connectivity index (χ0) is 13.6. The Labute approximate surface area is 118 Å². The fraction of sp³-hybridized carbons (Fsp3) is 0.692. The Balaban J connectivity index is 2.45. The lowest BCUT2D eigenvalue weighted by Crippen LogP contribution is -2.22. The van der Waals surface area contributed by atoms with Crippen LogP contribution in [0.2, 0.25) is 5.15 Å².